The number of Topliss-reactive ketones (excluding diaryl/α,β-unsaturated/α-hetero) is 1. The number of aliphatic hydroxyl groups excluding tert-OH is 1. The number of carbonyl (C=O) groups excluding carboxylic acids is 3. The van der Waals surface area contributed by atoms with Gasteiger partial charge in [0.05, 0.1) is 38.5 Å². The Morgan fingerprint density at radius 3 is 2.11 bits per heavy atom. The predicted molar refractivity (Wildman–Crippen MR) is 134 cm³/mol. The van der Waals surface area contributed by atoms with Crippen LogP contribution in [0.1, 0.15) is 41.4 Å². The molecular formula is C27H32N2O7. The molecule has 0 aromatic heterocycles. The second kappa shape index (κ2) is 11.7. The highest BCUT2D eigenvalue weighted by Crippen LogP contribution is 2.40. The van der Waals surface area contributed by atoms with Crippen LogP contribution in [0.4, 0.5) is 0 Å². The summed E-state index contributed by atoms with van der Waals surface area (Å²) in [6.45, 7) is 6.50. The van der Waals surface area contributed by atoms with Crippen LogP contribution in [-0.2, 0) is 14.3 Å². The fourth-order valence-electron chi connectivity index (χ4n) is 4.30. The number of esters is 1. The number of likely N-dealkylation sites (tertiary alicyclic amines) is 1. The number of nitrogens with zero attached hydrogens (tertiary/aromatic N) is 2. The van der Waals surface area contributed by atoms with Crippen molar-refractivity contribution >= 4 is 23.4 Å². The van der Waals surface area contributed by atoms with Gasteiger partial charge in [-0.15, -0.1) is 0 Å². The number of aliphatic hydroxyl groups is 1. The third-order valence-electron chi connectivity index (χ3n) is 6.40. The SMILES string of the molecule is CCN(CC)CCN1C(=O)C(=O)C(=C(O)c2ccc(OC)c(OC)c2)[C@H]1c1ccc(C(=O)OC)cc1. The molecule has 0 spiro atoms. The van der Waals surface area contributed by atoms with Crippen LogP contribution in [0, 0.1) is 0 Å². The van der Waals surface area contributed by atoms with Gasteiger partial charge in [-0.05, 0) is 49.0 Å². The maximum Gasteiger partial charge on any atom is 0.337 e. The molecule has 1 N–H and O–H groups in total. The Bertz CT molecular complexity index is 1150. The lowest BCUT2D eigenvalue weighted by atomic mass is 9.94. The van der Waals surface area contributed by atoms with Crippen LogP contribution < -0.4 is 9.47 Å². The zero-order valence-electron chi connectivity index (χ0n) is 21.2. The number of benzene rings is 2. The summed E-state index contributed by atoms with van der Waals surface area (Å²) in [7, 11) is 4.26. The van der Waals surface area contributed by atoms with Crippen molar-refractivity contribution in [1.29, 1.82) is 0 Å². The molecule has 0 radical (unpaired) electrons. The zero-order chi connectivity index (χ0) is 26.4. The van der Waals surface area contributed by atoms with Gasteiger partial charge in [-0.25, -0.2) is 4.79 Å². The minimum atomic E-state index is -0.833. The van der Waals surface area contributed by atoms with E-state index in [4.69, 9.17) is 14.2 Å². The van der Waals surface area contributed by atoms with Gasteiger partial charge in [0.25, 0.3) is 11.7 Å². The minimum absolute atomic E-state index is 0.0300. The Labute approximate surface area is 210 Å². The fourth-order valence-corrected chi connectivity index (χ4v) is 4.30. The maximum atomic E-state index is 13.2. The van der Waals surface area contributed by atoms with E-state index in [1.54, 1.807) is 42.5 Å². The predicted octanol–water partition coefficient (Wildman–Crippen LogP) is 3.25. The van der Waals surface area contributed by atoms with Gasteiger partial charge in [-0.1, -0.05) is 26.0 Å². The van der Waals surface area contributed by atoms with Crippen LogP contribution >= 0.6 is 0 Å². The number of ketones is 1. The van der Waals surface area contributed by atoms with Crippen molar-refractivity contribution in [3.05, 3.63) is 64.7 Å². The topological polar surface area (TPSA) is 106 Å². The molecule has 9 heteroatoms. The molecule has 1 aliphatic heterocycles. The summed E-state index contributed by atoms with van der Waals surface area (Å²) in [6, 6.07) is 10.4. The van der Waals surface area contributed by atoms with Crippen molar-refractivity contribution in [2.24, 2.45) is 0 Å². The Balaban J connectivity index is 2.13. The highest BCUT2D eigenvalue weighted by Gasteiger charge is 2.46. The van der Waals surface area contributed by atoms with E-state index in [0.29, 0.717) is 41.3 Å². The normalized spacial score (nSPS) is 16.9. The molecule has 2 aromatic rings. The Morgan fingerprint density at radius 2 is 1.56 bits per heavy atom. The lowest BCUT2D eigenvalue weighted by Crippen LogP contribution is -2.38. The third kappa shape index (κ3) is 5.21. The molecule has 0 aliphatic carbocycles. The van der Waals surface area contributed by atoms with Crippen molar-refractivity contribution in [2.75, 3.05) is 47.5 Å². The number of methoxy groups -OCH3 is 3. The van der Waals surface area contributed by atoms with Gasteiger partial charge in [-0.2, -0.15) is 0 Å². The molecule has 1 aliphatic rings. The number of carbonyl (C=O) groups is 3. The molecule has 36 heavy (non-hydrogen) atoms. The summed E-state index contributed by atoms with van der Waals surface area (Å²) >= 11 is 0. The van der Waals surface area contributed by atoms with E-state index in [1.165, 1.54) is 26.2 Å². The highest BCUT2D eigenvalue weighted by molar-refractivity contribution is 6.46. The van der Waals surface area contributed by atoms with E-state index >= 15 is 0 Å². The minimum Gasteiger partial charge on any atom is -0.507 e. The number of likely N-dealkylation sites (N-methyl/N-ethyl adjacent to an activating group) is 1. The van der Waals surface area contributed by atoms with Crippen molar-refractivity contribution in [3.63, 3.8) is 0 Å². The number of ether oxygens (including phenoxy) is 3. The van der Waals surface area contributed by atoms with Crippen molar-refractivity contribution < 1.29 is 33.7 Å². The largest absolute Gasteiger partial charge is 0.507 e. The first-order chi connectivity index (χ1) is 17.3. The summed E-state index contributed by atoms with van der Waals surface area (Å²) in [5, 5.41) is 11.3. The summed E-state index contributed by atoms with van der Waals surface area (Å²) in [5.41, 5.74) is 1.20. The molecule has 0 bridgehead atoms. The summed E-state index contributed by atoms with van der Waals surface area (Å²) in [5.74, 6) is -1.45. The lowest BCUT2D eigenvalue weighted by Gasteiger charge is -2.28. The Kier molecular flexibility index (Phi) is 8.71. The quantitative estimate of drug-likeness (QED) is 0.231. The average molecular weight is 497 g/mol. The molecule has 1 amide bonds. The number of hydrogen-bond acceptors (Lipinski definition) is 8. The number of hydrogen-bond donors (Lipinski definition) is 1. The second-order valence-corrected chi connectivity index (χ2v) is 8.20. The van der Waals surface area contributed by atoms with E-state index in [0.717, 1.165) is 13.1 Å². The lowest BCUT2D eigenvalue weighted by molar-refractivity contribution is -0.140. The van der Waals surface area contributed by atoms with Gasteiger partial charge in [0, 0.05) is 18.7 Å². The number of amides is 1. The molecule has 9 nitrogen and oxygen atoms in total. The van der Waals surface area contributed by atoms with Crippen molar-refractivity contribution in [3.8, 4) is 11.5 Å². The van der Waals surface area contributed by atoms with Crippen LogP contribution in [0.3, 0.4) is 0 Å². The van der Waals surface area contributed by atoms with E-state index in [2.05, 4.69) is 4.90 Å². The van der Waals surface area contributed by atoms with Crippen LogP contribution in [0.2, 0.25) is 0 Å². The molecule has 1 fully saturated rings. The molecular weight excluding hydrogens is 464 g/mol. The summed E-state index contributed by atoms with van der Waals surface area (Å²) in [6.07, 6.45) is 0. The molecule has 0 unspecified atom stereocenters. The van der Waals surface area contributed by atoms with E-state index in [9.17, 15) is 19.5 Å². The molecule has 192 valence electrons. The van der Waals surface area contributed by atoms with Crippen LogP contribution in [0.25, 0.3) is 5.76 Å². The molecule has 1 saturated heterocycles. The fraction of sp³-hybridized carbons (Fsp3) is 0.370. The monoisotopic (exact) mass is 496 g/mol. The zero-order valence-corrected chi connectivity index (χ0v) is 21.2. The van der Waals surface area contributed by atoms with Gasteiger partial charge < -0.3 is 29.1 Å². The van der Waals surface area contributed by atoms with E-state index in [1.807, 2.05) is 13.8 Å². The first-order valence-electron chi connectivity index (χ1n) is 11.7. The van der Waals surface area contributed by atoms with E-state index in [-0.39, 0.29) is 11.3 Å². The molecule has 2 aromatic carbocycles. The smallest absolute Gasteiger partial charge is 0.337 e. The second-order valence-electron chi connectivity index (χ2n) is 8.20. The summed E-state index contributed by atoms with van der Waals surface area (Å²) < 4.78 is 15.4. The summed E-state index contributed by atoms with van der Waals surface area (Å²) in [4.78, 5) is 41.9. The number of rotatable bonds is 10. The third-order valence-corrected chi connectivity index (χ3v) is 6.40. The van der Waals surface area contributed by atoms with Gasteiger partial charge in [0.2, 0.25) is 0 Å². The van der Waals surface area contributed by atoms with Crippen molar-refractivity contribution in [1.82, 2.24) is 9.80 Å². The molecule has 1 heterocycles. The highest BCUT2D eigenvalue weighted by atomic mass is 16.5. The van der Waals surface area contributed by atoms with E-state index < -0.39 is 23.7 Å². The van der Waals surface area contributed by atoms with Crippen LogP contribution in [-0.4, -0.2) is 80.1 Å². The van der Waals surface area contributed by atoms with Gasteiger partial charge in [0.1, 0.15) is 5.76 Å². The van der Waals surface area contributed by atoms with Gasteiger partial charge >= 0.3 is 5.97 Å². The average Bonchev–Trinajstić information content (AvgIpc) is 3.17. The Morgan fingerprint density at radius 1 is 0.944 bits per heavy atom. The van der Waals surface area contributed by atoms with Gasteiger partial charge in [0.15, 0.2) is 11.5 Å². The standard InChI is InChI=1S/C27H32N2O7/c1-6-28(7-2)14-15-29-23(17-8-10-18(11-9-17)27(33)36-5)22(25(31)26(29)32)24(30)19-12-13-20(34-3)21(16-19)35-4/h8-13,16,23,30H,6-7,14-15H2,1-5H3/t23-/m1/s1. The van der Waals surface area contributed by atoms with Gasteiger partial charge in [-0.3, -0.25) is 9.59 Å². The molecule has 1 atom stereocenters. The maximum absolute atomic E-state index is 13.2. The van der Waals surface area contributed by atoms with Crippen LogP contribution in [0.5, 0.6) is 11.5 Å². The molecule has 3 rings (SSSR count). The first-order valence-corrected chi connectivity index (χ1v) is 11.7. The first kappa shape index (κ1) is 26.7. The van der Waals surface area contributed by atoms with Crippen molar-refractivity contribution in [2.45, 2.75) is 19.9 Å². The van der Waals surface area contributed by atoms with Crippen LogP contribution in [0.15, 0.2) is 48.0 Å². The Hall–Kier alpha value is -3.85. The molecule has 0 saturated carbocycles.